The largest absolute Gasteiger partial charge is 0.497 e. The van der Waals surface area contributed by atoms with Gasteiger partial charge in [-0.25, -0.2) is 0 Å². The van der Waals surface area contributed by atoms with Crippen molar-refractivity contribution in [2.24, 2.45) is 0 Å². The molecule has 180 valence electrons. The molecule has 0 N–H and O–H groups in total. The van der Waals surface area contributed by atoms with E-state index < -0.39 is 0 Å². The van der Waals surface area contributed by atoms with Crippen LogP contribution in [0.15, 0.2) is 23.0 Å². The molecule has 0 aliphatic rings. The molecule has 5 nitrogen and oxygen atoms in total. The predicted octanol–water partition coefficient (Wildman–Crippen LogP) is 7.12. The average molecular weight is 446 g/mol. The molecule has 0 bridgehead atoms. The van der Waals surface area contributed by atoms with Gasteiger partial charge in [0.15, 0.2) is 5.75 Å². The highest BCUT2D eigenvalue weighted by Crippen LogP contribution is 2.34. The van der Waals surface area contributed by atoms with Crippen LogP contribution in [-0.4, -0.2) is 25.4 Å². The summed E-state index contributed by atoms with van der Waals surface area (Å²) in [6.45, 7) is 5.66. The maximum Gasteiger partial charge on any atom is 0.297 e. The Bertz CT molecular complexity index is 859. The zero-order valence-electron chi connectivity index (χ0n) is 20.7. The molecule has 0 atom stereocenters. The van der Waals surface area contributed by atoms with Crippen molar-refractivity contribution in [2.45, 2.75) is 97.4 Å². The molecule has 32 heavy (non-hydrogen) atoms. The van der Waals surface area contributed by atoms with Gasteiger partial charge >= 0.3 is 0 Å². The van der Waals surface area contributed by atoms with E-state index in [9.17, 15) is 4.79 Å². The molecule has 1 aromatic carbocycles. The van der Waals surface area contributed by atoms with Gasteiger partial charge < -0.3 is 18.8 Å². The van der Waals surface area contributed by atoms with Gasteiger partial charge in [-0.05, 0) is 25.0 Å². The third kappa shape index (κ3) is 7.46. The van der Waals surface area contributed by atoms with Gasteiger partial charge in [0.05, 0.1) is 26.3 Å². The Morgan fingerprint density at radius 1 is 0.750 bits per heavy atom. The SMILES string of the molecule is CCCCCCCCOc1c(OC)c2ccc(OC)cc2n(CCCCCCCC)c1=O. The zero-order chi connectivity index (χ0) is 23.2. The normalized spacial score (nSPS) is 11.1. The monoisotopic (exact) mass is 445 g/mol. The number of benzene rings is 1. The van der Waals surface area contributed by atoms with Gasteiger partial charge in [-0.3, -0.25) is 4.79 Å². The molecule has 0 radical (unpaired) electrons. The van der Waals surface area contributed by atoms with E-state index in [1.54, 1.807) is 14.2 Å². The van der Waals surface area contributed by atoms with E-state index in [1.807, 2.05) is 22.8 Å². The molecule has 0 spiro atoms. The Balaban J connectivity index is 2.22. The summed E-state index contributed by atoms with van der Waals surface area (Å²) in [4.78, 5) is 13.5. The van der Waals surface area contributed by atoms with E-state index >= 15 is 0 Å². The fraction of sp³-hybridized carbons (Fsp3) is 0.667. The minimum Gasteiger partial charge on any atom is -0.497 e. The third-order valence-corrected chi connectivity index (χ3v) is 6.07. The first kappa shape index (κ1) is 26.1. The molecule has 0 aliphatic heterocycles. The van der Waals surface area contributed by atoms with Gasteiger partial charge in [0.25, 0.3) is 5.56 Å². The number of aromatic nitrogens is 1. The van der Waals surface area contributed by atoms with E-state index in [4.69, 9.17) is 14.2 Å². The summed E-state index contributed by atoms with van der Waals surface area (Å²) in [6.07, 6.45) is 14.2. The third-order valence-electron chi connectivity index (χ3n) is 6.07. The fourth-order valence-corrected chi connectivity index (χ4v) is 4.16. The molecule has 2 rings (SSSR count). The summed E-state index contributed by atoms with van der Waals surface area (Å²) in [5, 5.41) is 0.886. The Labute approximate surface area is 194 Å². The highest BCUT2D eigenvalue weighted by atomic mass is 16.5. The lowest BCUT2D eigenvalue weighted by Crippen LogP contribution is -2.24. The van der Waals surface area contributed by atoms with Crippen LogP contribution >= 0.6 is 0 Å². The number of nitrogens with zero attached hydrogens (tertiary/aromatic N) is 1. The molecular formula is C27H43NO4. The Morgan fingerprint density at radius 2 is 1.38 bits per heavy atom. The van der Waals surface area contributed by atoms with Gasteiger partial charge in [-0.2, -0.15) is 0 Å². The molecule has 1 heterocycles. The van der Waals surface area contributed by atoms with Crippen LogP contribution in [0.1, 0.15) is 90.9 Å². The molecule has 0 amide bonds. The van der Waals surface area contributed by atoms with Crippen LogP contribution in [0.25, 0.3) is 10.9 Å². The van der Waals surface area contributed by atoms with Crippen LogP contribution in [0.5, 0.6) is 17.2 Å². The summed E-state index contributed by atoms with van der Waals surface area (Å²) in [5.41, 5.74) is 0.730. The molecule has 0 unspecified atom stereocenters. The van der Waals surface area contributed by atoms with Gasteiger partial charge in [0.2, 0.25) is 5.75 Å². The number of aryl methyl sites for hydroxylation is 1. The maximum atomic E-state index is 13.5. The summed E-state index contributed by atoms with van der Waals surface area (Å²) < 4.78 is 19.0. The standard InChI is InChI=1S/C27H43NO4/c1-5-7-9-11-13-15-19-28-24-21-22(30-3)17-18-23(24)25(31-4)26(27(28)29)32-20-16-14-12-10-8-6-2/h17-18,21H,5-16,19-20H2,1-4H3. The number of unbranched alkanes of at least 4 members (excludes halogenated alkanes) is 10. The Morgan fingerprint density at radius 3 is 2.00 bits per heavy atom. The van der Waals surface area contributed by atoms with E-state index in [2.05, 4.69) is 13.8 Å². The van der Waals surface area contributed by atoms with Gasteiger partial charge in [0, 0.05) is 18.0 Å². The van der Waals surface area contributed by atoms with Crippen molar-refractivity contribution in [3.8, 4) is 17.2 Å². The predicted molar refractivity (Wildman–Crippen MR) is 134 cm³/mol. The number of methoxy groups -OCH3 is 2. The number of rotatable bonds is 17. The van der Waals surface area contributed by atoms with Gasteiger partial charge in [-0.15, -0.1) is 0 Å². The first-order chi connectivity index (χ1) is 15.7. The lowest BCUT2D eigenvalue weighted by molar-refractivity contribution is 0.279. The van der Waals surface area contributed by atoms with Crippen molar-refractivity contribution >= 4 is 10.9 Å². The Hall–Kier alpha value is -2.17. The van der Waals surface area contributed by atoms with E-state index in [1.165, 1.54) is 51.4 Å². The van der Waals surface area contributed by atoms with Crippen LogP contribution in [0.4, 0.5) is 0 Å². The molecule has 5 heteroatoms. The second-order valence-electron chi connectivity index (χ2n) is 8.59. The van der Waals surface area contributed by atoms with E-state index in [0.29, 0.717) is 24.7 Å². The van der Waals surface area contributed by atoms with Crippen LogP contribution in [0.2, 0.25) is 0 Å². The molecule has 0 saturated carbocycles. The van der Waals surface area contributed by atoms with Gasteiger partial charge in [-0.1, -0.05) is 78.1 Å². The minimum absolute atomic E-state index is 0.109. The van der Waals surface area contributed by atoms with Crippen LogP contribution in [0, 0.1) is 0 Å². The fourth-order valence-electron chi connectivity index (χ4n) is 4.16. The number of hydrogen-bond donors (Lipinski definition) is 0. The van der Waals surface area contributed by atoms with E-state index in [0.717, 1.165) is 42.3 Å². The number of ether oxygens (including phenoxy) is 3. The quantitative estimate of drug-likeness (QED) is 0.243. The summed E-state index contributed by atoms with van der Waals surface area (Å²) in [5.74, 6) is 1.60. The Kier molecular flexibility index (Phi) is 12.1. The zero-order valence-corrected chi connectivity index (χ0v) is 20.7. The first-order valence-corrected chi connectivity index (χ1v) is 12.6. The van der Waals surface area contributed by atoms with Crippen LogP contribution in [-0.2, 0) is 6.54 Å². The van der Waals surface area contributed by atoms with Crippen molar-refractivity contribution in [2.75, 3.05) is 20.8 Å². The topological polar surface area (TPSA) is 49.7 Å². The summed E-state index contributed by atoms with van der Waals surface area (Å²) >= 11 is 0. The first-order valence-electron chi connectivity index (χ1n) is 12.6. The smallest absolute Gasteiger partial charge is 0.297 e. The lowest BCUT2D eigenvalue weighted by atomic mass is 10.1. The molecule has 0 fully saturated rings. The lowest BCUT2D eigenvalue weighted by Gasteiger charge is -2.18. The summed E-state index contributed by atoms with van der Waals surface area (Å²) in [7, 11) is 3.25. The minimum atomic E-state index is -0.109. The second-order valence-corrected chi connectivity index (χ2v) is 8.59. The molecule has 0 aliphatic carbocycles. The maximum absolute atomic E-state index is 13.5. The average Bonchev–Trinajstić information content (AvgIpc) is 2.81. The van der Waals surface area contributed by atoms with E-state index in [-0.39, 0.29) is 5.56 Å². The molecule has 2 aromatic rings. The van der Waals surface area contributed by atoms with Crippen molar-refractivity contribution in [3.63, 3.8) is 0 Å². The van der Waals surface area contributed by atoms with Crippen molar-refractivity contribution in [1.29, 1.82) is 0 Å². The molecule has 0 saturated heterocycles. The van der Waals surface area contributed by atoms with Crippen molar-refractivity contribution in [1.82, 2.24) is 4.57 Å². The van der Waals surface area contributed by atoms with Crippen LogP contribution in [0.3, 0.4) is 0 Å². The number of hydrogen-bond acceptors (Lipinski definition) is 4. The molecular weight excluding hydrogens is 402 g/mol. The summed E-state index contributed by atoms with van der Waals surface area (Å²) in [6, 6.07) is 5.79. The van der Waals surface area contributed by atoms with Crippen molar-refractivity contribution < 1.29 is 14.2 Å². The van der Waals surface area contributed by atoms with Crippen LogP contribution < -0.4 is 19.8 Å². The van der Waals surface area contributed by atoms with Gasteiger partial charge in [0.1, 0.15) is 5.75 Å². The highest BCUT2D eigenvalue weighted by molar-refractivity contribution is 5.89. The number of fused-ring (bicyclic) bond motifs is 1. The highest BCUT2D eigenvalue weighted by Gasteiger charge is 2.19. The second kappa shape index (κ2) is 14.8. The number of pyridine rings is 1. The molecule has 1 aromatic heterocycles. The van der Waals surface area contributed by atoms with Crippen molar-refractivity contribution in [3.05, 3.63) is 28.6 Å².